The summed E-state index contributed by atoms with van der Waals surface area (Å²) in [5.74, 6) is -1.61. The first-order valence-corrected chi connectivity index (χ1v) is 11.0. The van der Waals surface area contributed by atoms with Crippen LogP contribution in [0.3, 0.4) is 0 Å². The largest absolute Gasteiger partial charge is 0.387 e. The molecule has 4 rings (SSSR count). The molecule has 1 aliphatic heterocycles. The molecule has 1 atom stereocenters. The third-order valence-electron chi connectivity index (χ3n) is 5.27. The Balaban J connectivity index is 1.35. The second-order valence-electron chi connectivity index (χ2n) is 7.42. The Bertz CT molecular complexity index is 1130. The summed E-state index contributed by atoms with van der Waals surface area (Å²) in [4.78, 5) is 38.3. The first-order valence-electron chi connectivity index (χ1n) is 10.2. The van der Waals surface area contributed by atoms with Crippen LogP contribution in [0.25, 0.3) is 10.1 Å². The third kappa shape index (κ3) is 4.76. The molecule has 0 spiro atoms. The number of hydrogen-bond acceptors (Lipinski definition) is 5. The van der Waals surface area contributed by atoms with Crippen molar-refractivity contribution in [3.8, 4) is 0 Å². The van der Waals surface area contributed by atoms with Crippen LogP contribution in [0, 0.1) is 0 Å². The second kappa shape index (κ2) is 9.28. The number of benzene rings is 2. The summed E-state index contributed by atoms with van der Waals surface area (Å²) < 4.78 is 1.05. The highest BCUT2D eigenvalue weighted by molar-refractivity contribution is 7.17. The zero-order valence-electron chi connectivity index (χ0n) is 16.8. The van der Waals surface area contributed by atoms with Gasteiger partial charge < -0.3 is 20.6 Å². The van der Waals surface area contributed by atoms with E-state index in [1.165, 1.54) is 11.3 Å². The fraction of sp³-hybridized carbons (Fsp3) is 0.261. The fourth-order valence-electron chi connectivity index (χ4n) is 3.65. The molecule has 0 bridgehead atoms. The van der Waals surface area contributed by atoms with E-state index < -0.39 is 17.9 Å². The van der Waals surface area contributed by atoms with Crippen molar-refractivity contribution in [1.82, 2.24) is 5.32 Å². The minimum Gasteiger partial charge on any atom is -0.387 e. The van der Waals surface area contributed by atoms with Gasteiger partial charge in [0.2, 0.25) is 5.91 Å². The number of carbonyl (C=O) groups is 3. The Labute approximate surface area is 183 Å². The van der Waals surface area contributed by atoms with Crippen LogP contribution < -0.4 is 15.5 Å². The molecule has 160 valence electrons. The van der Waals surface area contributed by atoms with E-state index >= 15 is 0 Å². The molecule has 3 aromatic rings. The summed E-state index contributed by atoms with van der Waals surface area (Å²) >= 11 is 1.52. The van der Waals surface area contributed by atoms with Crippen molar-refractivity contribution in [1.29, 1.82) is 0 Å². The molecule has 2 aromatic carbocycles. The van der Waals surface area contributed by atoms with Gasteiger partial charge in [0.15, 0.2) is 0 Å². The van der Waals surface area contributed by atoms with Crippen LogP contribution in [0.5, 0.6) is 0 Å². The number of fused-ring (bicyclic) bond motifs is 1. The van der Waals surface area contributed by atoms with Crippen LogP contribution in [0.15, 0.2) is 53.9 Å². The number of piperidine rings is 1. The number of hydrogen-bond donors (Lipinski definition) is 3. The van der Waals surface area contributed by atoms with E-state index in [0.29, 0.717) is 24.3 Å². The maximum Gasteiger partial charge on any atom is 0.313 e. The average Bonchev–Trinajstić information content (AvgIpc) is 3.22. The molecular formula is C23H23N3O4S. The minimum absolute atomic E-state index is 0.0578. The predicted octanol–water partition coefficient (Wildman–Crippen LogP) is 3.21. The molecule has 2 heterocycles. The fourth-order valence-corrected chi connectivity index (χ4v) is 4.66. The first kappa shape index (κ1) is 21.0. The number of amides is 3. The van der Waals surface area contributed by atoms with Crippen molar-refractivity contribution in [2.75, 3.05) is 23.3 Å². The van der Waals surface area contributed by atoms with Crippen molar-refractivity contribution >= 4 is 50.5 Å². The van der Waals surface area contributed by atoms with Crippen LogP contribution in [0.2, 0.25) is 0 Å². The summed E-state index contributed by atoms with van der Waals surface area (Å²) in [6.07, 6.45) is 1.42. The Morgan fingerprint density at radius 2 is 1.94 bits per heavy atom. The maximum atomic E-state index is 12.3. The maximum absolute atomic E-state index is 12.3. The Morgan fingerprint density at radius 3 is 2.77 bits per heavy atom. The molecule has 1 aliphatic rings. The second-order valence-corrected chi connectivity index (χ2v) is 8.33. The van der Waals surface area contributed by atoms with Crippen molar-refractivity contribution in [3.63, 3.8) is 0 Å². The number of rotatable bonds is 5. The Morgan fingerprint density at radius 1 is 1.10 bits per heavy atom. The zero-order chi connectivity index (χ0) is 21.8. The molecule has 0 radical (unpaired) electrons. The van der Waals surface area contributed by atoms with Crippen LogP contribution in [0.1, 0.15) is 30.9 Å². The molecule has 1 aromatic heterocycles. The van der Waals surface area contributed by atoms with E-state index in [1.54, 1.807) is 29.2 Å². The molecule has 8 heteroatoms. The topological polar surface area (TPSA) is 98.7 Å². The van der Waals surface area contributed by atoms with Crippen molar-refractivity contribution < 1.29 is 19.5 Å². The van der Waals surface area contributed by atoms with Gasteiger partial charge >= 0.3 is 11.8 Å². The highest BCUT2D eigenvalue weighted by Crippen LogP contribution is 2.30. The van der Waals surface area contributed by atoms with Gasteiger partial charge in [-0.3, -0.25) is 14.4 Å². The van der Waals surface area contributed by atoms with Crippen LogP contribution in [-0.2, 0) is 14.4 Å². The number of carbonyl (C=O) groups excluding carboxylic acids is 3. The number of anilines is 2. The summed E-state index contributed by atoms with van der Waals surface area (Å²) in [5, 5.41) is 18.3. The summed E-state index contributed by atoms with van der Waals surface area (Å²) in [6, 6.07) is 14.6. The summed E-state index contributed by atoms with van der Waals surface area (Å²) in [7, 11) is 0. The van der Waals surface area contributed by atoms with Gasteiger partial charge in [0.05, 0.1) is 6.10 Å². The lowest BCUT2D eigenvalue weighted by Crippen LogP contribution is -2.38. The van der Waals surface area contributed by atoms with Gasteiger partial charge in [-0.15, -0.1) is 11.3 Å². The molecule has 3 N–H and O–H groups in total. The van der Waals surface area contributed by atoms with E-state index in [-0.39, 0.29) is 12.5 Å². The number of thiophene rings is 1. The molecular weight excluding hydrogens is 414 g/mol. The average molecular weight is 438 g/mol. The summed E-state index contributed by atoms with van der Waals surface area (Å²) in [6.45, 7) is 0.571. The molecule has 7 nitrogen and oxygen atoms in total. The Kier molecular flexibility index (Phi) is 6.29. The number of nitrogens with zero attached hydrogens (tertiary/aromatic N) is 1. The highest BCUT2D eigenvalue weighted by Gasteiger charge is 2.21. The van der Waals surface area contributed by atoms with Gasteiger partial charge in [-0.05, 0) is 47.9 Å². The summed E-state index contributed by atoms with van der Waals surface area (Å²) in [5.41, 5.74) is 1.85. The van der Waals surface area contributed by atoms with Crippen LogP contribution in [0.4, 0.5) is 11.4 Å². The van der Waals surface area contributed by atoms with E-state index in [4.69, 9.17) is 0 Å². The Hall–Kier alpha value is -3.23. The molecule has 0 saturated carbocycles. The van der Waals surface area contributed by atoms with Crippen molar-refractivity contribution in [2.45, 2.75) is 25.4 Å². The van der Waals surface area contributed by atoms with Gasteiger partial charge in [0.1, 0.15) is 0 Å². The zero-order valence-corrected chi connectivity index (χ0v) is 17.7. The first-order chi connectivity index (χ1) is 15.0. The van der Waals surface area contributed by atoms with Crippen LogP contribution >= 0.6 is 11.3 Å². The van der Waals surface area contributed by atoms with Gasteiger partial charge in [-0.1, -0.05) is 24.3 Å². The normalized spacial score (nSPS) is 15.0. The van der Waals surface area contributed by atoms with E-state index in [0.717, 1.165) is 28.5 Å². The number of aliphatic hydroxyl groups excluding tert-OH is 1. The molecule has 0 unspecified atom stereocenters. The van der Waals surface area contributed by atoms with Crippen molar-refractivity contribution in [2.24, 2.45) is 0 Å². The standard InChI is InChI=1S/C23H23N3O4S/c27-19(18-14-31-20-9-2-1-8-17(18)20)13-24-22(29)23(30)25-15-6-5-7-16(12-15)26-11-4-3-10-21(26)28/h1-2,5-9,12,14,19,27H,3-4,10-11,13H2,(H,24,29)(H,25,30)/t19-/m1/s1. The van der Waals surface area contributed by atoms with Gasteiger partial charge in [-0.25, -0.2) is 0 Å². The van der Waals surface area contributed by atoms with E-state index in [1.807, 2.05) is 29.6 Å². The molecule has 31 heavy (non-hydrogen) atoms. The third-order valence-corrected chi connectivity index (χ3v) is 6.25. The lowest BCUT2D eigenvalue weighted by Gasteiger charge is -2.27. The molecule has 1 fully saturated rings. The van der Waals surface area contributed by atoms with E-state index in [2.05, 4.69) is 10.6 Å². The van der Waals surface area contributed by atoms with Gasteiger partial charge in [-0.2, -0.15) is 0 Å². The van der Waals surface area contributed by atoms with Crippen molar-refractivity contribution in [3.05, 3.63) is 59.5 Å². The van der Waals surface area contributed by atoms with E-state index in [9.17, 15) is 19.5 Å². The predicted molar refractivity (Wildman–Crippen MR) is 121 cm³/mol. The SMILES string of the molecule is O=C(NC[C@@H](O)c1csc2ccccc12)C(=O)Nc1cccc(N2CCCCC2=O)c1. The van der Waals surface area contributed by atoms with Gasteiger partial charge in [0, 0.05) is 41.1 Å². The number of nitrogens with one attached hydrogen (secondary N) is 2. The molecule has 3 amide bonds. The number of aliphatic hydroxyl groups is 1. The highest BCUT2D eigenvalue weighted by atomic mass is 32.1. The molecule has 0 aliphatic carbocycles. The smallest absolute Gasteiger partial charge is 0.313 e. The van der Waals surface area contributed by atoms with Gasteiger partial charge in [0.25, 0.3) is 0 Å². The monoisotopic (exact) mass is 437 g/mol. The van der Waals surface area contributed by atoms with Crippen LogP contribution in [-0.4, -0.2) is 35.9 Å². The lowest BCUT2D eigenvalue weighted by molar-refractivity contribution is -0.136. The lowest BCUT2D eigenvalue weighted by atomic mass is 10.1. The quantitative estimate of drug-likeness (QED) is 0.534. The minimum atomic E-state index is -0.915. The molecule has 1 saturated heterocycles.